The molecule has 0 saturated carbocycles. The summed E-state index contributed by atoms with van der Waals surface area (Å²) in [6.45, 7) is 2.21. The van der Waals surface area contributed by atoms with Crippen LogP contribution in [0.1, 0.15) is 18.5 Å². The topological polar surface area (TPSA) is 78.0 Å². The molecule has 2 heterocycles. The normalized spacial score (nSPS) is 18.5. The minimum atomic E-state index is 0.0404. The number of likely N-dealkylation sites (tertiary alicyclic amines) is 1. The molecule has 1 aromatic heterocycles. The second kappa shape index (κ2) is 5.88. The standard InChI is InChI=1S/C13H21N5O/c1-17-8-6-10(7-9-17)18(2)12-5-3-4-11(15-12)13(14)16-19/h3-5,10,19H,6-9H2,1-2H3,(H2,14,16). The minimum absolute atomic E-state index is 0.0404. The Hall–Kier alpha value is -1.82. The van der Waals surface area contributed by atoms with Gasteiger partial charge in [0.05, 0.1) is 0 Å². The number of nitrogens with zero attached hydrogens (tertiary/aromatic N) is 4. The van der Waals surface area contributed by atoms with E-state index >= 15 is 0 Å². The molecule has 0 unspecified atom stereocenters. The Labute approximate surface area is 113 Å². The fraction of sp³-hybridized carbons (Fsp3) is 0.538. The van der Waals surface area contributed by atoms with Gasteiger partial charge in [0, 0.05) is 13.1 Å². The molecule has 19 heavy (non-hydrogen) atoms. The van der Waals surface area contributed by atoms with E-state index < -0.39 is 0 Å². The average Bonchev–Trinajstić information content (AvgIpc) is 2.46. The van der Waals surface area contributed by atoms with Gasteiger partial charge in [-0.2, -0.15) is 0 Å². The van der Waals surface area contributed by atoms with Gasteiger partial charge in [-0.15, -0.1) is 0 Å². The molecule has 1 aliphatic heterocycles. The monoisotopic (exact) mass is 263 g/mol. The van der Waals surface area contributed by atoms with Crippen LogP contribution in [0.2, 0.25) is 0 Å². The molecule has 0 radical (unpaired) electrons. The number of hydrogen-bond acceptors (Lipinski definition) is 5. The first kappa shape index (κ1) is 13.6. The first-order valence-electron chi connectivity index (χ1n) is 6.48. The highest BCUT2D eigenvalue weighted by molar-refractivity contribution is 5.95. The van der Waals surface area contributed by atoms with E-state index in [2.05, 4.69) is 27.0 Å². The molecular weight excluding hydrogens is 242 g/mol. The molecule has 104 valence electrons. The number of amidine groups is 1. The average molecular weight is 263 g/mol. The van der Waals surface area contributed by atoms with Crippen LogP contribution >= 0.6 is 0 Å². The molecule has 0 amide bonds. The molecule has 1 fully saturated rings. The summed E-state index contributed by atoms with van der Waals surface area (Å²) in [5.74, 6) is 0.900. The van der Waals surface area contributed by atoms with Crippen molar-refractivity contribution in [2.45, 2.75) is 18.9 Å². The Bertz CT molecular complexity index is 454. The molecule has 1 saturated heterocycles. The van der Waals surface area contributed by atoms with Gasteiger partial charge in [-0.3, -0.25) is 0 Å². The molecule has 6 heteroatoms. The van der Waals surface area contributed by atoms with Crippen LogP contribution in [0.4, 0.5) is 5.82 Å². The van der Waals surface area contributed by atoms with Crippen molar-refractivity contribution in [1.29, 1.82) is 0 Å². The summed E-state index contributed by atoms with van der Waals surface area (Å²) in [6.07, 6.45) is 2.25. The van der Waals surface area contributed by atoms with Gasteiger partial charge in [-0.25, -0.2) is 4.98 Å². The van der Waals surface area contributed by atoms with Crippen molar-refractivity contribution in [1.82, 2.24) is 9.88 Å². The van der Waals surface area contributed by atoms with E-state index in [-0.39, 0.29) is 5.84 Å². The summed E-state index contributed by atoms with van der Waals surface area (Å²) >= 11 is 0. The lowest BCUT2D eigenvalue weighted by molar-refractivity contribution is 0.252. The molecule has 0 atom stereocenters. The zero-order valence-electron chi connectivity index (χ0n) is 11.5. The van der Waals surface area contributed by atoms with Gasteiger partial charge in [0.15, 0.2) is 5.84 Å². The summed E-state index contributed by atoms with van der Waals surface area (Å²) in [6, 6.07) is 6.06. The van der Waals surface area contributed by atoms with Crippen LogP contribution in [0.15, 0.2) is 23.4 Å². The van der Waals surface area contributed by atoms with Crippen molar-refractivity contribution in [2.75, 3.05) is 32.1 Å². The Balaban J connectivity index is 2.13. The second-order valence-corrected chi connectivity index (χ2v) is 5.01. The van der Waals surface area contributed by atoms with Crippen molar-refractivity contribution in [3.8, 4) is 0 Å². The minimum Gasteiger partial charge on any atom is -0.409 e. The summed E-state index contributed by atoms with van der Waals surface area (Å²) in [5, 5.41) is 11.7. The molecular formula is C13H21N5O. The third-order valence-electron chi connectivity index (χ3n) is 3.70. The number of oxime groups is 1. The van der Waals surface area contributed by atoms with Crippen molar-refractivity contribution in [3.05, 3.63) is 23.9 Å². The number of rotatable bonds is 3. The highest BCUT2D eigenvalue weighted by Crippen LogP contribution is 2.20. The predicted octanol–water partition coefficient (Wildman–Crippen LogP) is 0.707. The van der Waals surface area contributed by atoms with Crippen LogP contribution in [0.25, 0.3) is 0 Å². The first-order chi connectivity index (χ1) is 9.11. The molecule has 0 aromatic carbocycles. The summed E-state index contributed by atoms with van der Waals surface area (Å²) in [5.41, 5.74) is 6.07. The smallest absolute Gasteiger partial charge is 0.188 e. The molecule has 1 aromatic rings. The van der Waals surface area contributed by atoms with Crippen molar-refractivity contribution >= 4 is 11.7 Å². The third-order valence-corrected chi connectivity index (χ3v) is 3.70. The molecule has 0 bridgehead atoms. The van der Waals surface area contributed by atoms with Crippen molar-refractivity contribution in [3.63, 3.8) is 0 Å². The lowest BCUT2D eigenvalue weighted by Crippen LogP contribution is -2.42. The number of pyridine rings is 1. The summed E-state index contributed by atoms with van der Waals surface area (Å²) < 4.78 is 0. The molecule has 0 aliphatic carbocycles. The fourth-order valence-corrected chi connectivity index (χ4v) is 2.38. The first-order valence-corrected chi connectivity index (χ1v) is 6.48. The maximum atomic E-state index is 8.70. The van der Waals surface area contributed by atoms with E-state index in [4.69, 9.17) is 10.9 Å². The Morgan fingerprint density at radius 3 is 2.79 bits per heavy atom. The van der Waals surface area contributed by atoms with Gasteiger partial charge in [0.2, 0.25) is 0 Å². The SMILES string of the molecule is CN1CCC(N(C)c2cccc(C(N)=NO)n2)CC1. The van der Waals surface area contributed by atoms with E-state index in [0.717, 1.165) is 31.7 Å². The fourth-order valence-electron chi connectivity index (χ4n) is 2.38. The van der Waals surface area contributed by atoms with Crippen LogP contribution in [-0.4, -0.2) is 54.2 Å². The van der Waals surface area contributed by atoms with Crippen LogP contribution in [-0.2, 0) is 0 Å². The Morgan fingerprint density at radius 1 is 1.47 bits per heavy atom. The van der Waals surface area contributed by atoms with Gasteiger partial charge in [-0.05, 0) is 45.1 Å². The molecule has 1 aliphatic rings. The van der Waals surface area contributed by atoms with Crippen molar-refractivity contribution < 1.29 is 5.21 Å². The van der Waals surface area contributed by atoms with Crippen molar-refractivity contribution in [2.24, 2.45) is 10.9 Å². The van der Waals surface area contributed by atoms with Crippen LogP contribution in [0, 0.1) is 0 Å². The molecule has 0 spiro atoms. The quantitative estimate of drug-likeness (QED) is 0.363. The second-order valence-electron chi connectivity index (χ2n) is 5.01. The van der Waals surface area contributed by atoms with E-state index in [9.17, 15) is 0 Å². The highest BCUT2D eigenvalue weighted by Gasteiger charge is 2.21. The molecule has 6 nitrogen and oxygen atoms in total. The predicted molar refractivity (Wildman–Crippen MR) is 75.7 cm³/mol. The largest absolute Gasteiger partial charge is 0.409 e. The van der Waals surface area contributed by atoms with E-state index in [1.165, 1.54) is 0 Å². The number of anilines is 1. The lowest BCUT2D eigenvalue weighted by atomic mass is 10.0. The van der Waals surface area contributed by atoms with E-state index in [1.54, 1.807) is 6.07 Å². The third kappa shape index (κ3) is 3.14. The Morgan fingerprint density at radius 2 is 2.16 bits per heavy atom. The van der Waals surface area contributed by atoms with Crippen LogP contribution in [0.3, 0.4) is 0 Å². The highest BCUT2D eigenvalue weighted by atomic mass is 16.4. The van der Waals surface area contributed by atoms with E-state index in [0.29, 0.717) is 11.7 Å². The van der Waals surface area contributed by atoms with Crippen LogP contribution in [0.5, 0.6) is 0 Å². The van der Waals surface area contributed by atoms with Gasteiger partial charge in [0.25, 0.3) is 0 Å². The summed E-state index contributed by atoms with van der Waals surface area (Å²) in [7, 11) is 4.20. The Kier molecular flexibility index (Phi) is 4.21. The zero-order valence-corrected chi connectivity index (χ0v) is 11.5. The molecule has 2 rings (SSSR count). The number of hydrogen-bond donors (Lipinski definition) is 2. The maximum Gasteiger partial charge on any atom is 0.188 e. The van der Waals surface area contributed by atoms with Gasteiger partial charge in [0.1, 0.15) is 11.5 Å². The number of nitrogens with two attached hydrogens (primary N) is 1. The van der Waals surface area contributed by atoms with E-state index in [1.807, 2.05) is 19.2 Å². The van der Waals surface area contributed by atoms with Gasteiger partial charge in [-0.1, -0.05) is 11.2 Å². The zero-order chi connectivity index (χ0) is 13.8. The lowest BCUT2D eigenvalue weighted by Gasteiger charge is -2.35. The summed E-state index contributed by atoms with van der Waals surface area (Å²) in [4.78, 5) is 8.95. The number of piperidine rings is 1. The van der Waals surface area contributed by atoms with Gasteiger partial charge < -0.3 is 20.7 Å². The molecule has 3 N–H and O–H groups in total. The van der Waals surface area contributed by atoms with Gasteiger partial charge >= 0.3 is 0 Å². The maximum absolute atomic E-state index is 8.70. The number of aromatic nitrogens is 1. The van der Waals surface area contributed by atoms with Crippen LogP contribution < -0.4 is 10.6 Å².